The third-order valence-corrected chi connectivity index (χ3v) is 4.92. The molecule has 1 saturated carbocycles. The van der Waals surface area contributed by atoms with Crippen LogP contribution in [0, 0.1) is 12.5 Å². The number of nitrogens with zero attached hydrogens (tertiary/aromatic N) is 2. The Morgan fingerprint density at radius 2 is 2.10 bits per heavy atom. The van der Waals surface area contributed by atoms with Gasteiger partial charge in [0.25, 0.3) is 6.35 Å². The molecule has 2 aromatic rings. The van der Waals surface area contributed by atoms with Crippen LogP contribution in [0.25, 0.3) is 16.7 Å². The maximum atomic E-state index is 13.7. The first-order valence-corrected chi connectivity index (χ1v) is 9.68. The van der Waals surface area contributed by atoms with Crippen LogP contribution in [-0.2, 0) is 15.7 Å². The van der Waals surface area contributed by atoms with E-state index in [1.165, 1.54) is 6.07 Å². The van der Waals surface area contributed by atoms with E-state index >= 15 is 0 Å². The third kappa shape index (κ3) is 4.77. The fourth-order valence-corrected chi connectivity index (χ4v) is 3.24. The van der Waals surface area contributed by atoms with Crippen molar-refractivity contribution in [3.05, 3.63) is 47.2 Å². The summed E-state index contributed by atoms with van der Waals surface area (Å²) in [6.45, 7) is 7.22. The van der Waals surface area contributed by atoms with Gasteiger partial charge in [0.2, 0.25) is 5.91 Å². The smallest absolute Gasteiger partial charge is 0.418 e. The number of aromatic nitrogens is 1. The standard InChI is InChI=1S/C21H23F3N4O2/c1-4-5-18(29)27-20(28-25)30-12(3)17-8-11(2)15-9-14(13-6-7-13)10-16(19(15)26-17)21(22,23)24/h8-10,13,20,25H,3-7H2,1-2H3,(H,27,29). The molecule has 1 aliphatic rings. The molecule has 1 unspecified atom stereocenters. The first-order chi connectivity index (χ1) is 14.1. The zero-order valence-electron chi connectivity index (χ0n) is 16.8. The first kappa shape index (κ1) is 21.7. The predicted octanol–water partition coefficient (Wildman–Crippen LogP) is 5.66. The molecule has 1 amide bonds. The highest BCUT2D eigenvalue weighted by Crippen LogP contribution is 2.44. The number of carbonyl (C=O) groups excluding carboxylic acids is 1. The van der Waals surface area contributed by atoms with Crippen molar-refractivity contribution in [2.75, 3.05) is 0 Å². The number of amides is 1. The fraction of sp³-hybridized carbons (Fsp3) is 0.429. The van der Waals surface area contributed by atoms with Crippen LogP contribution in [0.5, 0.6) is 0 Å². The van der Waals surface area contributed by atoms with Crippen LogP contribution >= 0.6 is 0 Å². The third-order valence-electron chi connectivity index (χ3n) is 4.92. The lowest BCUT2D eigenvalue weighted by Crippen LogP contribution is -2.34. The Morgan fingerprint density at radius 1 is 1.40 bits per heavy atom. The van der Waals surface area contributed by atoms with Gasteiger partial charge in [0.05, 0.1) is 11.1 Å². The number of ether oxygens (including phenoxy) is 1. The number of aryl methyl sites for hydroxylation is 1. The van der Waals surface area contributed by atoms with Crippen LogP contribution in [0.4, 0.5) is 13.2 Å². The van der Waals surface area contributed by atoms with Gasteiger partial charge in [-0.3, -0.25) is 4.79 Å². The minimum absolute atomic E-state index is 0.0859. The van der Waals surface area contributed by atoms with Crippen LogP contribution in [0.15, 0.2) is 29.9 Å². The fourth-order valence-electron chi connectivity index (χ4n) is 3.24. The van der Waals surface area contributed by atoms with Crippen LogP contribution in [0.2, 0.25) is 0 Å². The van der Waals surface area contributed by atoms with Crippen molar-refractivity contribution in [2.24, 2.45) is 5.11 Å². The van der Waals surface area contributed by atoms with Gasteiger partial charge in [-0.2, -0.15) is 13.2 Å². The zero-order valence-corrected chi connectivity index (χ0v) is 16.8. The Labute approximate surface area is 172 Å². The van der Waals surface area contributed by atoms with E-state index < -0.39 is 18.1 Å². The molecule has 6 nitrogen and oxygen atoms in total. The molecule has 0 spiro atoms. The Bertz CT molecular complexity index is 1000. The quantitative estimate of drug-likeness (QED) is 0.328. The van der Waals surface area contributed by atoms with Gasteiger partial charge < -0.3 is 10.1 Å². The molecule has 30 heavy (non-hydrogen) atoms. The number of nitrogens with one attached hydrogen (secondary N) is 2. The Balaban J connectivity index is 1.96. The van der Waals surface area contributed by atoms with Gasteiger partial charge in [0.1, 0.15) is 11.5 Å². The zero-order chi connectivity index (χ0) is 22.1. The minimum Gasteiger partial charge on any atom is -0.447 e. The van der Waals surface area contributed by atoms with E-state index in [0.717, 1.165) is 12.8 Å². The van der Waals surface area contributed by atoms with E-state index in [1.54, 1.807) is 19.1 Å². The van der Waals surface area contributed by atoms with E-state index in [9.17, 15) is 18.0 Å². The molecule has 1 aliphatic carbocycles. The molecule has 1 atom stereocenters. The van der Waals surface area contributed by atoms with Crippen molar-refractivity contribution in [2.45, 2.75) is 58.0 Å². The van der Waals surface area contributed by atoms with Gasteiger partial charge in [0.15, 0.2) is 0 Å². The Hall–Kier alpha value is -2.97. The average molecular weight is 420 g/mol. The summed E-state index contributed by atoms with van der Waals surface area (Å²) < 4.78 is 46.6. The molecule has 0 aliphatic heterocycles. The molecule has 1 aromatic heterocycles. The minimum atomic E-state index is -4.56. The van der Waals surface area contributed by atoms with Gasteiger partial charge >= 0.3 is 6.18 Å². The topological polar surface area (TPSA) is 87.4 Å². The maximum Gasteiger partial charge on any atom is 0.418 e. The van der Waals surface area contributed by atoms with Crippen LogP contribution < -0.4 is 5.32 Å². The number of alkyl halides is 3. The molecule has 1 heterocycles. The largest absolute Gasteiger partial charge is 0.447 e. The summed E-state index contributed by atoms with van der Waals surface area (Å²) >= 11 is 0. The van der Waals surface area contributed by atoms with E-state index in [-0.39, 0.29) is 35.2 Å². The van der Waals surface area contributed by atoms with Crippen LogP contribution in [-0.4, -0.2) is 17.2 Å². The van der Waals surface area contributed by atoms with Crippen molar-refractivity contribution in [1.82, 2.24) is 10.3 Å². The lowest BCUT2D eigenvalue weighted by Gasteiger charge is -2.18. The Kier molecular flexibility index (Phi) is 6.09. The van der Waals surface area contributed by atoms with E-state index in [1.807, 2.05) is 6.92 Å². The second-order valence-electron chi connectivity index (χ2n) is 7.40. The number of benzene rings is 1. The highest BCUT2D eigenvalue weighted by Gasteiger charge is 2.36. The lowest BCUT2D eigenvalue weighted by atomic mass is 9.98. The summed E-state index contributed by atoms with van der Waals surface area (Å²) in [5.74, 6) is -0.280. The molecule has 3 rings (SSSR count). The molecule has 0 radical (unpaired) electrons. The summed E-state index contributed by atoms with van der Waals surface area (Å²) in [4.78, 5) is 15.9. The number of pyridine rings is 1. The maximum absolute atomic E-state index is 13.7. The second kappa shape index (κ2) is 8.41. The molecule has 1 fully saturated rings. The summed E-state index contributed by atoms with van der Waals surface area (Å²) in [5.41, 5.74) is 7.56. The van der Waals surface area contributed by atoms with Gasteiger partial charge in [-0.05, 0) is 61.4 Å². The molecule has 160 valence electrons. The molecular formula is C21H23F3N4O2. The van der Waals surface area contributed by atoms with Gasteiger partial charge in [0, 0.05) is 11.8 Å². The van der Waals surface area contributed by atoms with E-state index in [0.29, 0.717) is 22.9 Å². The number of rotatable bonds is 8. The lowest BCUT2D eigenvalue weighted by molar-refractivity contribution is -0.136. The Morgan fingerprint density at radius 3 is 2.67 bits per heavy atom. The predicted molar refractivity (Wildman–Crippen MR) is 106 cm³/mol. The summed E-state index contributed by atoms with van der Waals surface area (Å²) in [7, 11) is 0. The van der Waals surface area contributed by atoms with E-state index in [2.05, 4.69) is 22.0 Å². The molecule has 9 heteroatoms. The number of hydrogen-bond donors (Lipinski definition) is 2. The summed E-state index contributed by atoms with van der Waals surface area (Å²) in [6, 6.07) is 4.52. The molecular weight excluding hydrogens is 397 g/mol. The number of carbonyl (C=O) groups is 1. The highest BCUT2D eigenvalue weighted by molar-refractivity contribution is 5.88. The second-order valence-corrected chi connectivity index (χ2v) is 7.40. The van der Waals surface area contributed by atoms with Crippen molar-refractivity contribution >= 4 is 22.6 Å². The van der Waals surface area contributed by atoms with Crippen molar-refractivity contribution < 1.29 is 22.7 Å². The van der Waals surface area contributed by atoms with E-state index in [4.69, 9.17) is 10.3 Å². The first-order valence-electron chi connectivity index (χ1n) is 9.68. The summed E-state index contributed by atoms with van der Waals surface area (Å²) in [5, 5.41) is 6.01. The van der Waals surface area contributed by atoms with Gasteiger partial charge in [-0.25, -0.2) is 10.5 Å². The molecule has 0 bridgehead atoms. The molecule has 0 saturated heterocycles. The van der Waals surface area contributed by atoms with Crippen molar-refractivity contribution in [3.8, 4) is 0 Å². The number of hydrogen-bond acceptors (Lipinski definition) is 5. The van der Waals surface area contributed by atoms with Crippen LogP contribution in [0.3, 0.4) is 0 Å². The number of halogens is 3. The van der Waals surface area contributed by atoms with Crippen LogP contribution in [0.1, 0.15) is 60.9 Å². The average Bonchev–Trinajstić information content (AvgIpc) is 3.51. The van der Waals surface area contributed by atoms with Gasteiger partial charge in [-0.15, -0.1) is 5.11 Å². The normalized spacial score (nSPS) is 15.0. The molecule has 2 N–H and O–H groups in total. The van der Waals surface area contributed by atoms with Crippen molar-refractivity contribution in [3.63, 3.8) is 0 Å². The highest BCUT2D eigenvalue weighted by atomic mass is 19.4. The number of fused-ring (bicyclic) bond motifs is 1. The summed E-state index contributed by atoms with van der Waals surface area (Å²) in [6.07, 6.45) is -3.27. The monoisotopic (exact) mass is 420 g/mol. The van der Waals surface area contributed by atoms with Gasteiger partial charge in [-0.1, -0.05) is 13.5 Å². The molecule has 1 aromatic carbocycles. The SMILES string of the molecule is C=C(OC(N=N)NC(=O)CCC)c1cc(C)c2cc(C3CC3)cc(C(F)(F)F)c2n1. The van der Waals surface area contributed by atoms with Crippen molar-refractivity contribution in [1.29, 1.82) is 5.53 Å².